The van der Waals surface area contributed by atoms with E-state index in [1.807, 2.05) is 0 Å². The summed E-state index contributed by atoms with van der Waals surface area (Å²) >= 11 is 12.2. The van der Waals surface area contributed by atoms with Crippen LogP contribution >= 0.6 is 23.2 Å². The van der Waals surface area contributed by atoms with Crippen LogP contribution in [0.3, 0.4) is 0 Å². The molecule has 36 heavy (non-hydrogen) atoms. The first-order chi connectivity index (χ1) is 17.3. The maximum Gasteiger partial charge on any atom is 0.296 e. The van der Waals surface area contributed by atoms with Gasteiger partial charge in [-0.15, -0.1) is 0 Å². The third kappa shape index (κ3) is 4.57. The van der Waals surface area contributed by atoms with Gasteiger partial charge in [0, 0.05) is 11.8 Å². The van der Waals surface area contributed by atoms with Crippen molar-refractivity contribution in [2.45, 2.75) is 12.6 Å². The van der Waals surface area contributed by atoms with Crippen molar-refractivity contribution in [2.75, 3.05) is 21.3 Å². The average Bonchev–Trinajstić information content (AvgIpc) is 3.14. The van der Waals surface area contributed by atoms with E-state index in [9.17, 15) is 14.7 Å². The lowest BCUT2D eigenvalue weighted by Gasteiger charge is -2.26. The largest absolute Gasteiger partial charge is 0.507 e. The Morgan fingerprint density at radius 2 is 1.67 bits per heavy atom. The third-order valence-corrected chi connectivity index (χ3v) is 6.53. The van der Waals surface area contributed by atoms with Crippen molar-refractivity contribution >= 4 is 40.7 Å². The number of methoxy groups -OCH3 is 3. The first kappa shape index (κ1) is 25.3. The Hall–Kier alpha value is -3.75. The smallest absolute Gasteiger partial charge is 0.296 e. The number of ketones is 1. The zero-order chi connectivity index (χ0) is 26.0. The first-order valence-corrected chi connectivity index (χ1v) is 11.5. The molecule has 0 spiro atoms. The predicted octanol–water partition coefficient (Wildman–Crippen LogP) is 5.04. The Morgan fingerprint density at radius 1 is 0.972 bits per heavy atom. The fourth-order valence-corrected chi connectivity index (χ4v) is 4.41. The molecule has 0 aliphatic carbocycles. The summed E-state index contributed by atoms with van der Waals surface area (Å²) in [5.74, 6) is -1.05. The molecule has 3 aromatic rings. The van der Waals surface area contributed by atoms with Crippen LogP contribution in [0.15, 0.2) is 60.3 Å². The van der Waals surface area contributed by atoms with Crippen molar-refractivity contribution in [1.29, 1.82) is 0 Å². The zero-order valence-electron chi connectivity index (χ0n) is 19.6. The number of halogens is 2. The van der Waals surface area contributed by atoms with E-state index in [1.165, 1.54) is 44.4 Å². The number of carbonyl (C=O) groups excluding carboxylic acids is 2. The number of aliphatic hydroxyl groups is 1. The number of amides is 1. The minimum absolute atomic E-state index is 0.0187. The van der Waals surface area contributed by atoms with E-state index in [4.69, 9.17) is 37.4 Å². The molecule has 2 aromatic carbocycles. The van der Waals surface area contributed by atoms with E-state index in [2.05, 4.69) is 4.98 Å². The molecule has 2 heterocycles. The summed E-state index contributed by atoms with van der Waals surface area (Å²) < 4.78 is 16.4. The summed E-state index contributed by atoms with van der Waals surface area (Å²) in [6.07, 6.45) is 1.59. The number of Topliss-reactive ketones (excluding diaryl/α,β-unsaturated/α-hetero) is 1. The number of hydrogen-bond acceptors (Lipinski definition) is 7. The van der Waals surface area contributed by atoms with Crippen LogP contribution in [0.25, 0.3) is 5.76 Å². The fourth-order valence-electron chi connectivity index (χ4n) is 4.11. The minimum Gasteiger partial charge on any atom is -0.507 e. The Balaban J connectivity index is 1.96. The minimum atomic E-state index is -0.991. The van der Waals surface area contributed by atoms with Crippen LogP contribution in [-0.4, -0.2) is 48.0 Å². The Labute approximate surface area is 217 Å². The molecule has 1 aromatic heterocycles. The van der Waals surface area contributed by atoms with Crippen molar-refractivity contribution in [3.63, 3.8) is 0 Å². The van der Waals surface area contributed by atoms with E-state index in [0.717, 1.165) is 0 Å². The van der Waals surface area contributed by atoms with Crippen molar-refractivity contribution in [1.82, 2.24) is 9.88 Å². The van der Waals surface area contributed by atoms with E-state index < -0.39 is 23.5 Å². The number of rotatable bonds is 7. The van der Waals surface area contributed by atoms with Gasteiger partial charge in [0.15, 0.2) is 11.5 Å². The highest BCUT2D eigenvalue weighted by Gasteiger charge is 2.46. The number of hydrogen-bond donors (Lipinski definition) is 1. The maximum atomic E-state index is 13.3. The van der Waals surface area contributed by atoms with Crippen molar-refractivity contribution in [3.05, 3.63) is 87.2 Å². The molecule has 1 aliphatic heterocycles. The van der Waals surface area contributed by atoms with E-state index in [1.54, 1.807) is 36.5 Å². The van der Waals surface area contributed by atoms with Crippen LogP contribution in [0.1, 0.15) is 22.9 Å². The maximum absolute atomic E-state index is 13.3. The van der Waals surface area contributed by atoms with E-state index in [-0.39, 0.29) is 27.7 Å². The van der Waals surface area contributed by atoms with Crippen molar-refractivity contribution in [2.24, 2.45) is 0 Å². The number of likely N-dealkylation sites (tertiary alicyclic amines) is 1. The summed E-state index contributed by atoms with van der Waals surface area (Å²) in [7, 11) is 4.39. The number of aliphatic hydroxyl groups excluding tert-OH is 1. The summed E-state index contributed by atoms with van der Waals surface area (Å²) in [4.78, 5) is 32.2. The molecule has 1 unspecified atom stereocenters. The number of pyridine rings is 1. The number of aromatic nitrogens is 1. The summed E-state index contributed by atoms with van der Waals surface area (Å²) in [5.41, 5.74) is 1.13. The highest BCUT2D eigenvalue weighted by Crippen LogP contribution is 2.46. The lowest BCUT2D eigenvalue weighted by molar-refractivity contribution is -0.140. The second-order valence-electron chi connectivity index (χ2n) is 7.84. The lowest BCUT2D eigenvalue weighted by atomic mass is 9.94. The van der Waals surface area contributed by atoms with Gasteiger partial charge in [-0.1, -0.05) is 29.3 Å². The van der Waals surface area contributed by atoms with Gasteiger partial charge in [-0.2, -0.15) is 0 Å². The second-order valence-corrected chi connectivity index (χ2v) is 8.65. The second kappa shape index (κ2) is 10.5. The molecule has 8 nitrogen and oxygen atoms in total. The molecule has 186 valence electrons. The molecular weight excluding hydrogens is 507 g/mol. The molecule has 1 fully saturated rings. The van der Waals surface area contributed by atoms with Gasteiger partial charge < -0.3 is 24.2 Å². The quantitative estimate of drug-likeness (QED) is 0.260. The fraction of sp³-hybridized carbons (Fsp3) is 0.192. The SMILES string of the molecule is COc1cc(C2/C(=C(\O)c3ccc(Cl)c(Cl)c3)C(=O)C(=O)N2Cc2ccccn2)cc(OC)c1OC. The van der Waals surface area contributed by atoms with Crippen molar-refractivity contribution in [3.8, 4) is 17.2 Å². The Morgan fingerprint density at radius 3 is 2.22 bits per heavy atom. The number of carbonyl (C=O) groups is 2. The molecule has 0 bridgehead atoms. The van der Waals surface area contributed by atoms with Crippen molar-refractivity contribution < 1.29 is 28.9 Å². The third-order valence-electron chi connectivity index (χ3n) is 5.79. The van der Waals surface area contributed by atoms with E-state index >= 15 is 0 Å². The highest BCUT2D eigenvalue weighted by atomic mass is 35.5. The van der Waals surface area contributed by atoms with Crippen LogP contribution in [0.5, 0.6) is 17.2 Å². The summed E-state index contributed by atoms with van der Waals surface area (Å²) in [6.45, 7) is 0.0187. The van der Waals surface area contributed by atoms with Crippen LogP contribution in [0.4, 0.5) is 0 Å². The average molecular weight is 529 g/mol. The molecule has 1 aliphatic rings. The predicted molar refractivity (Wildman–Crippen MR) is 135 cm³/mol. The molecule has 1 saturated heterocycles. The summed E-state index contributed by atoms with van der Waals surface area (Å²) in [6, 6.07) is 12.0. The van der Waals surface area contributed by atoms with Gasteiger partial charge in [-0.25, -0.2) is 0 Å². The molecule has 4 rings (SSSR count). The van der Waals surface area contributed by atoms with Gasteiger partial charge in [-0.3, -0.25) is 14.6 Å². The lowest BCUT2D eigenvalue weighted by Crippen LogP contribution is -2.29. The number of ether oxygens (including phenoxy) is 3. The standard InChI is InChI=1S/C26H22Cl2N2O6/c1-34-19-11-15(12-20(35-2)25(19)36-3)22-21(23(31)14-7-8-17(27)18(28)10-14)24(32)26(33)30(22)13-16-6-4-5-9-29-16/h4-12,22,31H,13H2,1-3H3/b23-21+. The monoisotopic (exact) mass is 528 g/mol. The Kier molecular flexibility index (Phi) is 7.37. The molecule has 1 atom stereocenters. The van der Waals surface area contributed by atoms with Gasteiger partial charge in [0.1, 0.15) is 5.76 Å². The highest BCUT2D eigenvalue weighted by molar-refractivity contribution is 6.46. The van der Waals surface area contributed by atoms with E-state index in [0.29, 0.717) is 28.5 Å². The number of benzene rings is 2. The molecule has 0 radical (unpaired) electrons. The Bertz CT molecular complexity index is 1330. The normalized spacial score (nSPS) is 16.8. The number of nitrogens with zero attached hydrogens (tertiary/aromatic N) is 2. The van der Waals surface area contributed by atoms with Gasteiger partial charge in [-0.05, 0) is 48.0 Å². The van der Waals surface area contributed by atoms with Gasteiger partial charge in [0.25, 0.3) is 11.7 Å². The molecule has 1 amide bonds. The molecule has 0 saturated carbocycles. The topological polar surface area (TPSA) is 98.2 Å². The van der Waals surface area contributed by atoms with Crippen LogP contribution < -0.4 is 14.2 Å². The van der Waals surface area contributed by atoms with Crippen LogP contribution in [0.2, 0.25) is 10.0 Å². The molecular formula is C26H22Cl2N2O6. The van der Waals surface area contributed by atoms with Gasteiger partial charge in [0.2, 0.25) is 5.75 Å². The van der Waals surface area contributed by atoms with Gasteiger partial charge >= 0.3 is 0 Å². The summed E-state index contributed by atoms with van der Waals surface area (Å²) in [5, 5.41) is 11.7. The first-order valence-electron chi connectivity index (χ1n) is 10.7. The van der Waals surface area contributed by atoms with Crippen LogP contribution in [-0.2, 0) is 16.1 Å². The van der Waals surface area contributed by atoms with Crippen LogP contribution in [0, 0.1) is 0 Å². The molecule has 1 N–H and O–H groups in total. The molecule has 10 heteroatoms. The zero-order valence-corrected chi connectivity index (χ0v) is 21.1. The van der Waals surface area contributed by atoms with Gasteiger partial charge in [0.05, 0.1) is 55.2 Å².